The van der Waals surface area contributed by atoms with Gasteiger partial charge >= 0.3 is 0 Å². The number of carbonyl (C=O) groups is 1. The van der Waals surface area contributed by atoms with Crippen molar-refractivity contribution in [1.29, 1.82) is 0 Å². The van der Waals surface area contributed by atoms with E-state index in [-0.39, 0.29) is 5.91 Å². The highest BCUT2D eigenvalue weighted by molar-refractivity contribution is 8.00. The molecule has 1 N–H and O–H groups in total. The molecular formula is C15H14ClN3OS. The third-order valence-corrected chi connectivity index (χ3v) is 3.83. The van der Waals surface area contributed by atoms with E-state index in [0.29, 0.717) is 16.5 Å². The van der Waals surface area contributed by atoms with Crippen LogP contribution in [0.4, 0.5) is 0 Å². The summed E-state index contributed by atoms with van der Waals surface area (Å²) in [5.74, 6) is 0.130. The van der Waals surface area contributed by atoms with Crippen LogP contribution in [0.3, 0.4) is 0 Å². The quantitative estimate of drug-likeness (QED) is 0.522. The van der Waals surface area contributed by atoms with Crippen LogP contribution < -0.4 is 5.43 Å². The van der Waals surface area contributed by atoms with Crippen LogP contribution in [0.1, 0.15) is 12.6 Å². The molecule has 1 aromatic carbocycles. The second-order valence-electron chi connectivity index (χ2n) is 4.19. The fraction of sp³-hybridized carbons (Fsp3) is 0.133. The zero-order valence-electron chi connectivity index (χ0n) is 11.4. The lowest BCUT2D eigenvalue weighted by molar-refractivity contribution is -0.118. The topological polar surface area (TPSA) is 54.4 Å². The standard InChI is InChI=1S/C15H14ClN3OS/c1-11(14-4-2-3-9-17-14)18-19-15(20)10-21-13-7-5-12(16)6-8-13/h2-9H,10H2,1H3,(H,19,20)/b18-11+. The molecule has 0 unspecified atom stereocenters. The first kappa shape index (κ1) is 15.5. The molecule has 6 heteroatoms. The fourth-order valence-corrected chi connectivity index (χ4v) is 2.31. The average molecular weight is 320 g/mol. The number of aromatic nitrogens is 1. The molecule has 0 atom stereocenters. The molecule has 0 radical (unpaired) electrons. The van der Waals surface area contributed by atoms with Crippen molar-refractivity contribution in [2.45, 2.75) is 11.8 Å². The monoisotopic (exact) mass is 319 g/mol. The molecule has 0 fully saturated rings. The summed E-state index contributed by atoms with van der Waals surface area (Å²) in [5, 5.41) is 4.72. The van der Waals surface area contributed by atoms with Gasteiger partial charge in [0.25, 0.3) is 0 Å². The van der Waals surface area contributed by atoms with E-state index in [9.17, 15) is 4.79 Å². The molecule has 108 valence electrons. The molecule has 0 aliphatic rings. The molecule has 1 amide bonds. The van der Waals surface area contributed by atoms with E-state index in [0.717, 1.165) is 10.6 Å². The molecule has 0 saturated heterocycles. The second kappa shape index (κ2) is 7.81. The van der Waals surface area contributed by atoms with Gasteiger partial charge in [0, 0.05) is 16.1 Å². The first-order valence-corrected chi connectivity index (χ1v) is 7.64. The summed E-state index contributed by atoms with van der Waals surface area (Å²) < 4.78 is 0. The highest BCUT2D eigenvalue weighted by Gasteiger charge is 2.03. The summed E-state index contributed by atoms with van der Waals surface area (Å²) in [5.41, 5.74) is 3.93. The molecule has 0 aliphatic heterocycles. The Bertz CT molecular complexity index is 629. The lowest BCUT2D eigenvalue weighted by Crippen LogP contribution is -2.21. The average Bonchev–Trinajstić information content (AvgIpc) is 2.53. The van der Waals surface area contributed by atoms with Crippen molar-refractivity contribution in [2.75, 3.05) is 5.75 Å². The van der Waals surface area contributed by atoms with Gasteiger partial charge in [-0.1, -0.05) is 17.7 Å². The maximum atomic E-state index is 11.7. The number of hydrogen-bond acceptors (Lipinski definition) is 4. The summed E-state index contributed by atoms with van der Waals surface area (Å²) in [6, 6.07) is 12.9. The van der Waals surface area contributed by atoms with Gasteiger partial charge in [0.1, 0.15) is 0 Å². The van der Waals surface area contributed by atoms with Crippen LogP contribution in [-0.4, -0.2) is 22.4 Å². The highest BCUT2D eigenvalue weighted by atomic mass is 35.5. The number of amides is 1. The largest absolute Gasteiger partial charge is 0.272 e. The molecule has 2 rings (SSSR count). The van der Waals surface area contributed by atoms with Gasteiger partial charge in [0.2, 0.25) is 5.91 Å². The van der Waals surface area contributed by atoms with Crippen molar-refractivity contribution in [2.24, 2.45) is 5.10 Å². The van der Waals surface area contributed by atoms with Gasteiger partial charge < -0.3 is 0 Å². The Morgan fingerprint density at radius 2 is 2.05 bits per heavy atom. The third-order valence-electron chi connectivity index (χ3n) is 2.57. The van der Waals surface area contributed by atoms with Gasteiger partial charge in [0.15, 0.2) is 0 Å². The summed E-state index contributed by atoms with van der Waals surface area (Å²) in [6.07, 6.45) is 1.69. The van der Waals surface area contributed by atoms with E-state index in [1.165, 1.54) is 11.8 Å². The molecule has 2 aromatic rings. The molecule has 1 heterocycles. The molecule has 0 aliphatic carbocycles. The molecule has 0 saturated carbocycles. The number of carbonyl (C=O) groups excluding carboxylic acids is 1. The first-order chi connectivity index (χ1) is 10.1. The van der Waals surface area contributed by atoms with Gasteiger partial charge in [-0.2, -0.15) is 5.10 Å². The lowest BCUT2D eigenvalue weighted by Gasteiger charge is -2.03. The van der Waals surface area contributed by atoms with Crippen LogP contribution in [0.2, 0.25) is 5.02 Å². The van der Waals surface area contributed by atoms with Crippen LogP contribution in [0.5, 0.6) is 0 Å². The van der Waals surface area contributed by atoms with Crippen molar-refractivity contribution in [3.63, 3.8) is 0 Å². The van der Waals surface area contributed by atoms with Crippen LogP contribution >= 0.6 is 23.4 Å². The van der Waals surface area contributed by atoms with E-state index in [2.05, 4.69) is 15.5 Å². The van der Waals surface area contributed by atoms with Crippen molar-refractivity contribution >= 4 is 35.0 Å². The second-order valence-corrected chi connectivity index (χ2v) is 5.67. The number of hydrogen-bond donors (Lipinski definition) is 1. The Morgan fingerprint density at radius 3 is 2.71 bits per heavy atom. The predicted octanol–water partition coefficient (Wildman–Crippen LogP) is 3.37. The minimum atomic E-state index is -0.162. The smallest absolute Gasteiger partial charge is 0.250 e. The normalized spacial score (nSPS) is 11.2. The van der Waals surface area contributed by atoms with Crippen molar-refractivity contribution in [3.8, 4) is 0 Å². The summed E-state index contributed by atoms with van der Waals surface area (Å²) in [7, 11) is 0. The van der Waals surface area contributed by atoms with Gasteiger partial charge in [0.05, 0.1) is 17.2 Å². The van der Waals surface area contributed by atoms with E-state index < -0.39 is 0 Å². The first-order valence-electron chi connectivity index (χ1n) is 6.28. The van der Waals surface area contributed by atoms with Crippen molar-refractivity contribution in [3.05, 3.63) is 59.4 Å². The van der Waals surface area contributed by atoms with Crippen LogP contribution in [0, 0.1) is 0 Å². The summed E-state index contributed by atoms with van der Waals surface area (Å²) in [4.78, 5) is 16.9. The zero-order valence-corrected chi connectivity index (χ0v) is 13.0. The van der Waals surface area contributed by atoms with E-state index in [1.54, 1.807) is 25.3 Å². The number of thioether (sulfide) groups is 1. The van der Waals surface area contributed by atoms with Crippen LogP contribution in [0.15, 0.2) is 58.7 Å². The molecule has 1 aromatic heterocycles. The Hall–Kier alpha value is -1.85. The van der Waals surface area contributed by atoms with Gasteiger partial charge in [-0.3, -0.25) is 9.78 Å². The fourth-order valence-electron chi connectivity index (χ4n) is 1.49. The summed E-state index contributed by atoms with van der Waals surface area (Å²) in [6.45, 7) is 1.80. The molecule has 0 bridgehead atoms. The number of nitrogens with zero attached hydrogens (tertiary/aromatic N) is 2. The highest BCUT2D eigenvalue weighted by Crippen LogP contribution is 2.19. The minimum absolute atomic E-state index is 0.162. The number of halogens is 1. The number of nitrogens with one attached hydrogen (secondary N) is 1. The van der Waals surface area contributed by atoms with E-state index in [4.69, 9.17) is 11.6 Å². The van der Waals surface area contributed by atoms with Gasteiger partial charge in [-0.15, -0.1) is 11.8 Å². The Kier molecular flexibility index (Phi) is 5.78. The lowest BCUT2D eigenvalue weighted by atomic mass is 10.3. The predicted molar refractivity (Wildman–Crippen MR) is 86.8 cm³/mol. The third kappa shape index (κ3) is 5.21. The molecule has 21 heavy (non-hydrogen) atoms. The molecular weight excluding hydrogens is 306 g/mol. The van der Waals surface area contributed by atoms with Crippen molar-refractivity contribution < 1.29 is 4.79 Å². The minimum Gasteiger partial charge on any atom is -0.272 e. The Balaban J connectivity index is 1.83. The Morgan fingerprint density at radius 1 is 1.29 bits per heavy atom. The van der Waals surface area contributed by atoms with Crippen LogP contribution in [-0.2, 0) is 4.79 Å². The molecule has 4 nitrogen and oxygen atoms in total. The Labute approximate surface area is 132 Å². The van der Waals surface area contributed by atoms with Crippen LogP contribution in [0.25, 0.3) is 0 Å². The van der Waals surface area contributed by atoms with Gasteiger partial charge in [-0.05, 0) is 43.3 Å². The van der Waals surface area contributed by atoms with Crippen molar-refractivity contribution in [1.82, 2.24) is 10.4 Å². The van der Waals surface area contributed by atoms with Gasteiger partial charge in [-0.25, -0.2) is 5.43 Å². The zero-order chi connectivity index (χ0) is 15.1. The van der Waals surface area contributed by atoms with E-state index in [1.807, 2.05) is 30.3 Å². The summed E-state index contributed by atoms with van der Waals surface area (Å²) >= 11 is 7.23. The maximum Gasteiger partial charge on any atom is 0.250 e. The number of benzene rings is 1. The number of rotatable bonds is 5. The number of hydrazone groups is 1. The maximum absolute atomic E-state index is 11.7. The SMILES string of the molecule is C/C(=N\NC(=O)CSc1ccc(Cl)cc1)c1ccccn1. The van der Waals surface area contributed by atoms with E-state index >= 15 is 0 Å². The molecule has 0 spiro atoms. The number of pyridine rings is 1.